The Morgan fingerprint density at radius 2 is 2.00 bits per heavy atom. The molecular formula is C14H22ClNO3. The van der Waals surface area contributed by atoms with Gasteiger partial charge in [0.25, 0.3) is 0 Å². The normalized spacial score (nSPS) is 15.8. The van der Waals surface area contributed by atoms with Gasteiger partial charge in [-0.25, -0.2) is 0 Å². The molecule has 0 aliphatic rings. The number of nitrogens with one attached hydrogen (secondary N) is 1. The van der Waals surface area contributed by atoms with Gasteiger partial charge in [-0.1, -0.05) is 18.5 Å². The Kier molecular flexibility index (Phi) is 6.58. The lowest BCUT2D eigenvalue weighted by molar-refractivity contribution is 0.0476. The van der Waals surface area contributed by atoms with Gasteiger partial charge in [0.05, 0.1) is 5.60 Å². The molecule has 1 aromatic rings. The lowest BCUT2D eigenvalue weighted by Crippen LogP contribution is -2.41. The largest absolute Gasteiger partial charge is 0.491 e. The summed E-state index contributed by atoms with van der Waals surface area (Å²) in [6.45, 7) is 4.70. The van der Waals surface area contributed by atoms with Crippen LogP contribution in [-0.4, -0.2) is 41.6 Å². The van der Waals surface area contributed by atoms with Crippen molar-refractivity contribution < 1.29 is 14.9 Å². The summed E-state index contributed by atoms with van der Waals surface area (Å²) in [6.07, 6.45) is 0.0421. The Morgan fingerprint density at radius 1 is 1.37 bits per heavy atom. The first kappa shape index (κ1) is 16.2. The van der Waals surface area contributed by atoms with Crippen LogP contribution < -0.4 is 10.1 Å². The summed E-state index contributed by atoms with van der Waals surface area (Å²) in [5.74, 6) is 0.670. The van der Waals surface area contributed by atoms with Gasteiger partial charge in [0.1, 0.15) is 18.5 Å². The Bertz CT molecular complexity index is 367. The van der Waals surface area contributed by atoms with Crippen molar-refractivity contribution in [1.29, 1.82) is 0 Å². The van der Waals surface area contributed by atoms with Crippen molar-refractivity contribution in [3.63, 3.8) is 0 Å². The van der Waals surface area contributed by atoms with E-state index in [1.54, 1.807) is 31.2 Å². The topological polar surface area (TPSA) is 61.7 Å². The molecule has 2 atom stereocenters. The molecule has 3 N–H and O–H groups in total. The first-order chi connectivity index (χ1) is 8.93. The fourth-order valence-electron chi connectivity index (χ4n) is 1.42. The standard InChI is InChI=1S/C14H22ClNO3/c1-3-14(2,18)10-16-8-12(17)9-19-13-6-4-11(15)5-7-13/h4-7,12,16-18H,3,8-10H2,1-2H3. The molecule has 0 bridgehead atoms. The Labute approximate surface area is 119 Å². The van der Waals surface area contributed by atoms with E-state index in [1.807, 2.05) is 6.92 Å². The van der Waals surface area contributed by atoms with Crippen LogP contribution >= 0.6 is 11.6 Å². The van der Waals surface area contributed by atoms with E-state index < -0.39 is 11.7 Å². The first-order valence-electron chi connectivity index (χ1n) is 6.42. The molecule has 108 valence electrons. The molecular weight excluding hydrogens is 266 g/mol. The second-order valence-electron chi connectivity index (χ2n) is 4.90. The van der Waals surface area contributed by atoms with Crippen molar-refractivity contribution in [3.8, 4) is 5.75 Å². The van der Waals surface area contributed by atoms with Gasteiger partial charge in [0, 0.05) is 18.1 Å². The molecule has 0 aliphatic heterocycles. The average molecular weight is 288 g/mol. The zero-order valence-electron chi connectivity index (χ0n) is 11.4. The Hall–Kier alpha value is -0.810. The molecule has 0 aromatic heterocycles. The predicted molar refractivity (Wildman–Crippen MR) is 76.7 cm³/mol. The van der Waals surface area contributed by atoms with Crippen LogP contribution in [0.15, 0.2) is 24.3 Å². The minimum absolute atomic E-state index is 0.197. The molecule has 4 nitrogen and oxygen atoms in total. The van der Waals surface area contributed by atoms with Crippen molar-refractivity contribution >= 4 is 11.6 Å². The molecule has 0 aliphatic carbocycles. The monoisotopic (exact) mass is 287 g/mol. The van der Waals surface area contributed by atoms with E-state index in [-0.39, 0.29) is 6.61 Å². The molecule has 0 fully saturated rings. The fraction of sp³-hybridized carbons (Fsp3) is 0.571. The third kappa shape index (κ3) is 6.78. The lowest BCUT2D eigenvalue weighted by atomic mass is 10.0. The highest BCUT2D eigenvalue weighted by Crippen LogP contribution is 2.15. The maximum absolute atomic E-state index is 9.78. The zero-order valence-corrected chi connectivity index (χ0v) is 12.2. The van der Waals surface area contributed by atoms with Crippen LogP contribution in [0.4, 0.5) is 0 Å². The van der Waals surface area contributed by atoms with Gasteiger partial charge in [-0.2, -0.15) is 0 Å². The summed E-state index contributed by atoms with van der Waals surface area (Å²) in [6, 6.07) is 6.98. The number of halogens is 1. The molecule has 19 heavy (non-hydrogen) atoms. The quantitative estimate of drug-likeness (QED) is 0.683. The molecule has 5 heteroatoms. The van der Waals surface area contributed by atoms with Crippen LogP contribution in [0, 0.1) is 0 Å². The molecule has 1 rings (SSSR count). The second-order valence-corrected chi connectivity index (χ2v) is 5.34. The van der Waals surface area contributed by atoms with Crippen molar-refractivity contribution in [2.75, 3.05) is 19.7 Å². The number of hydrogen-bond donors (Lipinski definition) is 3. The molecule has 0 amide bonds. The van der Waals surface area contributed by atoms with Crippen LogP contribution in [0.3, 0.4) is 0 Å². The van der Waals surface area contributed by atoms with Gasteiger partial charge in [0.15, 0.2) is 0 Å². The molecule has 2 unspecified atom stereocenters. The van der Waals surface area contributed by atoms with Crippen LogP contribution in [0.2, 0.25) is 5.02 Å². The number of aliphatic hydroxyl groups is 2. The van der Waals surface area contributed by atoms with Gasteiger partial charge in [0.2, 0.25) is 0 Å². The summed E-state index contributed by atoms with van der Waals surface area (Å²) >= 11 is 5.76. The summed E-state index contributed by atoms with van der Waals surface area (Å²) in [5.41, 5.74) is -0.739. The van der Waals surface area contributed by atoms with Crippen molar-refractivity contribution in [2.45, 2.75) is 32.0 Å². The van der Waals surface area contributed by atoms with Crippen molar-refractivity contribution in [1.82, 2.24) is 5.32 Å². The maximum Gasteiger partial charge on any atom is 0.119 e. The van der Waals surface area contributed by atoms with E-state index in [9.17, 15) is 10.2 Å². The number of benzene rings is 1. The van der Waals surface area contributed by atoms with E-state index in [0.29, 0.717) is 30.3 Å². The number of aliphatic hydroxyl groups excluding tert-OH is 1. The molecule has 0 saturated heterocycles. The summed E-state index contributed by atoms with van der Waals surface area (Å²) in [7, 11) is 0. The van der Waals surface area contributed by atoms with Gasteiger partial charge in [-0.3, -0.25) is 0 Å². The number of ether oxygens (including phenoxy) is 1. The zero-order chi connectivity index (χ0) is 14.3. The van der Waals surface area contributed by atoms with Gasteiger partial charge in [-0.05, 0) is 37.6 Å². The molecule has 0 heterocycles. The minimum atomic E-state index is -0.739. The number of rotatable bonds is 8. The molecule has 0 saturated carbocycles. The van der Waals surface area contributed by atoms with E-state index in [2.05, 4.69) is 5.32 Å². The summed E-state index contributed by atoms with van der Waals surface area (Å²) in [4.78, 5) is 0. The van der Waals surface area contributed by atoms with Crippen LogP contribution in [0.1, 0.15) is 20.3 Å². The summed E-state index contributed by atoms with van der Waals surface area (Å²) < 4.78 is 5.42. The van der Waals surface area contributed by atoms with E-state index in [0.717, 1.165) is 0 Å². The third-order valence-corrected chi connectivity index (χ3v) is 3.16. The number of hydrogen-bond acceptors (Lipinski definition) is 4. The smallest absolute Gasteiger partial charge is 0.119 e. The fourth-order valence-corrected chi connectivity index (χ4v) is 1.54. The van der Waals surface area contributed by atoms with Gasteiger partial charge >= 0.3 is 0 Å². The summed E-state index contributed by atoms with van der Waals surface area (Å²) in [5, 5.41) is 23.2. The van der Waals surface area contributed by atoms with E-state index in [4.69, 9.17) is 16.3 Å². The maximum atomic E-state index is 9.78. The molecule has 1 aromatic carbocycles. The SMILES string of the molecule is CCC(C)(O)CNCC(O)COc1ccc(Cl)cc1. The van der Waals surface area contributed by atoms with Gasteiger partial charge < -0.3 is 20.3 Å². The van der Waals surface area contributed by atoms with Crippen molar-refractivity contribution in [2.24, 2.45) is 0 Å². The van der Waals surface area contributed by atoms with Crippen molar-refractivity contribution in [3.05, 3.63) is 29.3 Å². The second kappa shape index (κ2) is 7.70. The van der Waals surface area contributed by atoms with Crippen LogP contribution in [0.25, 0.3) is 0 Å². The van der Waals surface area contributed by atoms with Crippen LogP contribution in [0.5, 0.6) is 5.75 Å². The highest BCUT2D eigenvalue weighted by molar-refractivity contribution is 6.30. The highest BCUT2D eigenvalue weighted by atomic mass is 35.5. The minimum Gasteiger partial charge on any atom is -0.491 e. The third-order valence-electron chi connectivity index (χ3n) is 2.90. The highest BCUT2D eigenvalue weighted by Gasteiger charge is 2.17. The van der Waals surface area contributed by atoms with E-state index >= 15 is 0 Å². The molecule has 0 radical (unpaired) electrons. The average Bonchev–Trinajstić information content (AvgIpc) is 2.38. The lowest BCUT2D eigenvalue weighted by Gasteiger charge is -2.22. The Balaban J connectivity index is 2.21. The molecule has 0 spiro atoms. The van der Waals surface area contributed by atoms with Crippen LogP contribution in [-0.2, 0) is 0 Å². The predicted octanol–water partition coefficient (Wildman–Crippen LogP) is 1.83. The Morgan fingerprint density at radius 3 is 2.58 bits per heavy atom. The van der Waals surface area contributed by atoms with E-state index in [1.165, 1.54) is 0 Å². The first-order valence-corrected chi connectivity index (χ1v) is 6.80. The van der Waals surface area contributed by atoms with Gasteiger partial charge in [-0.15, -0.1) is 0 Å².